The number of carbonyl (C=O) groups is 1. The van der Waals surface area contributed by atoms with Crippen molar-refractivity contribution in [2.24, 2.45) is 0 Å². The number of ether oxygens (including phenoxy) is 1. The molecule has 0 spiro atoms. The highest BCUT2D eigenvalue weighted by Crippen LogP contribution is 2.24. The Morgan fingerprint density at radius 2 is 1.66 bits per heavy atom. The normalized spacial score (nSPS) is 22.8. The predicted octanol–water partition coefficient (Wildman–Crippen LogP) is 3.76. The van der Waals surface area contributed by atoms with Gasteiger partial charge in [0.2, 0.25) is 0 Å². The molecule has 1 aliphatic heterocycles. The molecule has 2 aromatic carbocycles. The fourth-order valence-electron chi connectivity index (χ4n) is 3.86. The van der Waals surface area contributed by atoms with Gasteiger partial charge in [0.1, 0.15) is 5.60 Å². The predicted molar refractivity (Wildman–Crippen MR) is 115 cm³/mol. The number of aliphatic hydroxyl groups is 1. The van der Waals surface area contributed by atoms with Gasteiger partial charge in [-0.05, 0) is 44.7 Å². The maximum absolute atomic E-state index is 12.3. The molecule has 1 amide bonds. The van der Waals surface area contributed by atoms with Crippen LogP contribution in [0.4, 0.5) is 4.79 Å². The van der Waals surface area contributed by atoms with Crippen LogP contribution < -0.4 is 5.32 Å². The molecule has 3 rings (SSSR count). The number of carbonyl (C=O) groups excluding carboxylic acids is 1. The summed E-state index contributed by atoms with van der Waals surface area (Å²) in [5.74, 6) is 0. The van der Waals surface area contributed by atoms with Crippen LogP contribution in [0.5, 0.6) is 0 Å². The first kappa shape index (κ1) is 21.3. The summed E-state index contributed by atoms with van der Waals surface area (Å²) in [6.45, 7) is 7.08. The molecule has 1 heterocycles. The molecule has 5 nitrogen and oxygen atoms in total. The zero-order valence-corrected chi connectivity index (χ0v) is 17.5. The number of hydrogen-bond acceptors (Lipinski definition) is 4. The summed E-state index contributed by atoms with van der Waals surface area (Å²) in [6, 6.07) is 20.1. The van der Waals surface area contributed by atoms with Crippen LogP contribution in [-0.2, 0) is 17.7 Å². The molecular weight excluding hydrogens is 364 g/mol. The summed E-state index contributed by atoms with van der Waals surface area (Å²) >= 11 is 0. The molecule has 29 heavy (non-hydrogen) atoms. The lowest BCUT2D eigenvalue weighted by Crippen LogP contribution is -2.60. The Morgan fingerprint density at radius 1 is 1.07 bits per heavy atom. The maximum Gasteiger partial charge on any atom is 0.407 e. The maximum atomic E-state index is 12.3. The van der Waals surface area contributed by atoms with Crippen LogP contribution in [0.1, 0.15) is 38.3 Å². The molecule has 1 fully saturated rings. The first-order chi connectivity index (χ1) is 13.8. The van der Waals surface area contributed by atoms with Crippen molar-refractivity contribution in [1.29, 1.82) is 0 Å². The standard InChI is InChI=1S/C24H32N2O3/c1-24(2,3)29-23(28)25-20-14-15-26(17-19-12-8-5-9-13-19)21(22(20)27)16-18-10-6-4-7-11-18/h4-13,20-22,27H,14-17H2,1-3H3,(H,25,28)/t20-,21?,22-/m1/s1. The first-order valence-corrected chi connectivity index (χ1v) is 10.3. The van der Waals surface area contributed by atoms with Crippen LogP contribution in [0, 0.1) is 0 Å². The van der Waals surface area contributed by atoms with Gasteiger partial charge in [-0.3, -0.25) is 4.90 Å². The molecule has 1 unspecified atom stereocenters. The Labute approximate surface area is 173 Å². The van der Waals surface area contributed by atoms with Crippen molar-refractivity contribution in [1.82, 2.24) is 10.2 Å². The number of piperidine rings is 1. The third-order valence-electron chi connectivity index (χ3n) is 5.22. The van der Waals surface area contributed by atoms with Crippen molar-refractivity contribution in [2.45, 2.75) is 63.9 Å². The van der Waals surface area contributed by atoms with E-state index in [0.717, 1.165) is 19.5 Å². The SMILES string of the molecule is CC(C)(C)OC(=O)N[C@@H]1CCN(Cc2ccccc2)C(Cc2ccccc2)[C@@H]1O. The highest BCUT2D eigenvalue weighted by molar-refractivity contribution is 5.68. The van der Waals surface area contributed by atoms with Gasteiger partial charge in [0.05, 0.1) is 12.1 Å². The fraction of sp³-hybridized carbons (Fsp3) is 0.458. The number of aliphatic hydroxyl groups excluding tert-OH is 1. The van der Waals surface area contributed by atoms with Gasteiger partial charge in [-0.15, -0.1) is 0 Å². The Balaban J connectivity index is 1.74. The van der Waals surface area contributed by atoms with Crippen LogP contribution in [0.15, 0.2) is 60.7 Å². The molecule has 1 saturated heterocycles. The lowest BCUT2D eigenvalue weighted by Gasteiger charge is -2.43. The second kappa shape index (κ2) is 9.42. The lowest BCUT2D eigenvalue weighted by molar-refractivity contribution is -0.0217. The Kier molecular flexibility index (Phi) is 6.93. The van der Waals surface area contributed by atoms with E-state index in [1.165, 1.54) is 11.1 Å². The number of nitrogens with zero attached hydrogens (tertiary/aromatic N) is 1. The first-order valence-electron chi connectivity index (χ1n) is 10.3. The van der Waals surface area contributed by atoms with Crippen LogP contribution in [0.25, 0.3) is 0 Å². The Bertz CT molecular complexity index is 774. The van der Waals surface area contributed by atoms with Crippen LogP contribution >= 0.6 is 0 Å². The summed E-state index contributed by atoms with van der Waals surface area (Å²) in [6.07, 6.45) is 0.247. The van der Waals surface area contributed by atoms with E-state index in [1.807, 2.05) is 57.2 Å². The minimum atomic E-state index is -0.680. The average molecular weight is 397 g/mol. The minimum Gasteiger partial charge on any atom is -0.444 e. The number of alkyl carbamates (subject to hydrolysis) is 1. The van der Waals surface area contributed by atoms with Crippen molar-refractivity contribution < 1.29 is 14.6 Å². The highest BCUT2D eigenvalue weighted by atomic mass is 16.6. The number of hydrogen-bond donors (Lipinski definition) is 2. The number of likely N-dealkylation sites (tertiary alicyclic amines) is 1. The quantitative estimate of drug-likeness (QED) is 0.808. The van der Waals surface area contributed by atoms with E-state index in [-0.39, 0.29) is 12.1 Å². The van der Waals surface area contributed by atoms with Gasteiger partial charge in [-0.25, -0.2) is 4.79 Å². The highest BCUT2D eigenvalue weighted by Gasteiger charge is 2.38. The van der Waals surface area contributed by atoms with E-state index in [9.17, 15) is 9.90 Å². The fourth-order valence-corrected chi connectivity index (χ4v) is 3.86. The molecule has 1 aliphatic rings. The third-order valence-corrected chi connectivity index (χ3v) is 5.22. The lowest BCUT2D eigenvalue weighted by atomic mass is 9.89. The van der Waals surface area contributed by atoms with Crippen molar-refractivity contribution in [2.75, 3.05) is 6.54 Å². The van der Waals surface area contributed by atoms with Crippen LogP contribution in [-0.4, -0.2) is 46.4 Å². The average Bonchev–Trinajstić information content (AvgIpc) is 2.67. The monoisotopic (exact) mass is 396 g/mol. The third kappa shape index (κ3) is 6.31. The molecule has 0 saturated carbocycles. The topological polar surface area (TPSA) is 61.8 Å². The number of benzene rings is 2. The number of rotatable bonds is 5. The smallest absolute Gasteiger partial charge is 0.407 e. The summed E-state index contributed by atoms with van der Waals surface area (Å²) in [5.41, 5.74) is 1.83. The number of amides is 1. The van der Waals surface area contributed by atoms with E-state index in [1.54, 1.807) is 0 Å². The summed E-state index contributed by atoms with van der Waals surface area (Å²) in [7, 11) is 0. The van der Waals surface area contributed by atoms with Crippen molar-refractivity contribution in [3.63, 3.8) is 0 Å². The van der Waals surface area contributed by atoms with Crippen molar-refractivity contribution >= 4 is 6.09 Å². The van der Waals surface area contributed by atoms with E-state index in [2.05, 4.69) is 34.5 Å². The van der Waals surface area contributed by atoms with Gasteiger partial charge in [0, 0.05) is 19.1 Å². The molecule has 0 radical (unpaired) electrons. The van der Waals surface area contributed by atoms with E-state index < -0.39 is 17.8 Å². The van der Waals surface area contributed by atoms with Gasteiger partial charge < -0.3 is 15.2 Å². The molecule has 5 heteroatoms. The van der Waals surface area contributed by atoms with Gasteiger partial charge >= 0.3 is 6.09 Å². The second-order valence-electron chi connectivity index (χ2n) is 8.75. The molecule has 3 atom stereocenters. The molecular formula is C24H32N2O3. The van der Waals surface area contributed by atoms with Crippen LogP contribution in [0.2, 0.25) is 0 Å². The van der Waals surface area contributed by atoms with Gasteiger partial charge in [0.15, 0.2) is 0 Å². The summed E-state index contributed by atoms with van der Waals surface area (Å²) in [4.78, 5) is 14.6. The second-order valence-corrected chi connectivity index (χ2v) is 8.75. The minimum absolute atomic E-state index is 0.0914. The van der Waals surface area contributed by atoms with Crippen molar-refractivity contribution in [3.05, 3.63) is 71.8 Å². The Hall–Kier alpha value is -2.37. The largest absolute Gasteiger partial charge is 0.444 e. The molecule has 0 aromatic heterocycles. The van der Waals surface area contributed by atoms with Gasteiger partial charge in [0.25, 0.3) is 0 Å². The molecule has 156 valence electrons. The van der Waals surface area contributed by atoms with Crippen LogP contribution in [0.3, 0.4) is 0 Å². The zero-order valence-electron chi connectivity index (χ0n) is 17.5. The molecule has 0 aliphatic carbocycles. The van der Waals surface area contributed by atoms with Crippen molar-refractivity contribution in [3.8, 4) is 0 Å². The van der Waals surface area contributed by atoms with Gasteiger partial charge in [-0.1, -0.05) is 60.7 Å². The molecule has 2 N–H and O–H groups in total. The molecule has 0 bridgehead atoms. The van der Waals surface area contributed by atoms with E-state index >= 15 is 0 Å². The zero-order chi connectivity index (χ0) is 20.9. The summed E-state index contributed by atoms with van der Waals surface area (Å²) < 4.78 is 5.39. The number of nitrogens with one attached hydrogen (secondary N) is 1. The van der Waals surface area contributed by atoms with E-state index in [4.69, 9.17) is 4.74 Å². The van der Waals surface area contributed by atoms with Gasteiger partial charge in [-0.2, -0.15) is 0 Å². The van der Waals surface area contributed by atoms with E-state index in [0.29, 0.717) is 6.42 Å². The molecule has 2 aromatic rings. The Morgan fingerprint density at radius 3 is 2.24 bits per heavy atom. The summed E-state index contributed by atoms with van der Waals surface area (Å²) in [5, 5.41) is 14.1.